The Morgan fingerprint density at radius 3 is 2.78 bits per heavy atom. The van der Waals surface area contributed by atoms with Crippen LogP contribution in [0.3, 0.4) is 0 Å². The van der Waals surface area contributed by atoms with Gasteiger partial charge in [0.2, 0.25) is 5.91 Å². The standard InChI is InChI=1S/C16H21NO6/c1-21-12-4-5-14(22-2)11(9-12)3-6-15(18)17-7-8-23-10-13(17)16(19)20/h4-5,9,13H,3,6-8,10H2,1-2H3,(H,19,20). The number of aryl methyl sites for hydroxylation is 1. The van der Waals surface area contributed by atoms with E-state index in [1.807, 2.05) is 6.07 Å². The summed E-state index contributed by atoms with van der Waals surface area (Å²) in [6.07, 6.45) is 0.649. The van der Waals surface area contributed by atoms with Crippen LogP contribution in [0.25, 0.3) is 0 Å². The first-order valence-electron chi connectivity index (χ1n) is 7.37. The van der Waals surface area contributed by atoms with Crippen LogP contribution in [0.4, 0.5) is 0 Å². The number of morpholine rings is 1. The Balaban J connectivity index is 2.04. The molecule has 0 spiro atoms. The summed E-state index contributed by atoms with van der Waals surface area (Å²) in [4.78, 5) is 25.0. The second-order valence-corrected chi connectivity index (χ2v) is 5.19. The molecule has 2 rings (SSSR count). The highest BCUT2D eigenvalue weighted by molar-refractivity contribution is 5.84. The summed E-state index contributed by atoms with van der Waals surface area (Å²) in [7, 11) is 3.14. The normalized spacial score (nSPS) is 17.7. The van der Waals surface area contributed by atoms with Gasteiger partial charge in [0.25, 0.3) is 0 Å². The van der Waals surface area contributed by atoms with Gasteiger partial charge in [-0.1, -0.05) is 0 Å². The first-order chi connectivity index (χ1) is 11.1. The monoisotopic (exact) mass is 323 g/mol. The summed E-state index contributed by atoms with van der Waals surface area (Å²) >= 11 is 0. The highest BCUT2D eigenvalue weighted by atomic mass is 16.5. The zero-order chi connectivity index (χ0) is 16.8. The van der Waals surface area contributed by atoms with E-state index >= 15 is 0 Å². The molecule has 7 heteroatoms. The molecular formula is C16H21NO6. The van der Waals surface area contributed by atoms with Crippen molar-refractivity contribution < 1.29 is 28.9 Å². The number of nitrogens with zero attached hydrogens (tertiary/aromatic N) is 1. The maximum Gasteiger partial charge on any atom is 0.328 e. The fraction of sp³-hybridized carbons (Fsp3) is 0.500. The van der Waals surface area contributed by atoms with Gasteiger partial charge in [0, 0.05) is 13.0 Å². The van der Waals surface area contributed by atoms with Crippen molar-refractivity contribution >= 4 is 11.9 Å². The average molecular weight is 323 g/mol. The summed E-state index contributed by atoms with van der Waals surface area (Å²) in [5.41, 5.74) is 0.848. The molecule has 126 valence electrons. The van der Waals surface area contributed by atoms with Gasteiger partial charge in [-0.05, 0) is 30.2 Å². The number of methoxy groups -OCH3 is 2. The number of hydrogen-bond acceptors (Lipinski definition) is 5. The number of benzene rings is 1. The molecule has 1 saturated heterocycles. The molecule has 1 fully saturated rings. The van der Waals surface area contributed by atoms with E-state index in [2.05, 4.69) is 0 Å². The highest BCUT2D eigenvalue weighted by Gasteiger charge is 2.32. The molecule has 1 aliphatic rings. The zero-order valence-corrected chi connectivity index (χ0v) is 13.3. The molecule has 1 amide bonds. The van der Waals surface area contributed by atoms with Crippen molar-refractivity contribution in [2.75, 3.05) is 34.0 Å². The molecule has 7 nitrogen and oxygen atoms in total. The minimum absolute atomic E-state index is 0.0313. The Kier molecular flexibility index (Phi) is 5.81. The molecule has 23 heavy (non-hydrogen) atoms. The van der Waals surface area contributed by atoms with Crippen LogP contribution in [0.1, 0.15) is 12.0 Å². The molecule has 1 atom stereocenters. The molecule has 1 N–H and O–H groups in total. The molecule has 1 heterocycles. The summed E-state index contributed by atoms with van der Waals surface area (Å²) in [6.45, 7) is 0.687. The number of carboxylic acids is 1. The van der Waals surface area contributed by atoms with Crippen molar-refractivity contribution in [2.45, 2.75) is 18.9 Å². The number of carbonyl (C=O) groups is 2. The first kappa shape index (κ1) is 17.1. The predicted molar refractivity (Wildman–Crippen MR) is 81.8 cm³/mol. The van der Waals surface area contributed by atoms with Crippen LogP contribution < -0.4 is 9.47 Å². The van der Waals surface area contributed by atoms with Gasteiger partial charge in [-0.25, -0.2) is 4.79 Å². The molecule has 1 aromatic rings. The number of rotatable bonds is 6. The summed E-state index contributed by atoms with van der Waals surface area (Å²) in [5, 5.41) is 9.18. The molecule has 0 aromatic heterocycles. The van der Waals surface area contributed by atoms with Gasteiger partial charge in [0.1, 0.15) is 11.5 Å². The van der Waals surface area contributed by atoms with E-state index in [1.165, 1.54) is 4.90 Å². The van der Waals surface area contributed by atoms with Gasteiger partial charge < -0.3 is 24.2 Å². The molecule has 1 aromatic carbocycles. The number of aliphatic carboxylic acids is 1. The Morgan fingerprint density at radius 1 is 1.35 bits per heavy atom. The van der Waals surface area contributed by atoms with Crippen LogP contribution >= 0.6 is 0 Å². The van der Waals surface area contributed by atoms with Crippen LogP contribution in [-0.2, 0) is 20.7 Å². The van der Waals surface area contributed by atoms with E-state index in [0.29, 0.717) is 31.1 Å². The topological polar surface area (TPSA) is 85.3 Å². The third-order valence-corrected chi connectivity index (χ3v) is 3.83. The van der Waals surface area contributed by atoms with Crippen LogP contribution in [0, 0.1) is 0 Å². The molecular weight excluding hydrogens is 302 g/mol. The lowest BCUT2D eigenvalue weighted by atomic mass is 10.1. The SMILES string of the molecule is COc1ccc(OC)c(CCC(=O)N2CCOCC2C(=O)O)c1. The average Bonchev–Trinajstić information content (AvgIpc) is 2.59. The lowest BCUT2D eigenvalue weighted by Crippen LogP contribution is -2.52. The number of carboxylic acid groups (broad SMARTS) is 1. The van der Waals surface area contributed by atoms with E-state index in [0.717, 1.165) is 5.56 Å². The maximum absolute atomic E-state index is 12.4. The summed E-state index contributed by atoms with van der Waals surface area (Å²) in [6, 6.07) is 4.48. The number of ether oxygens (including phenoxy) is 3. The van der Waals surface area contributed by atoms with E-state index in [1.54, 1.807) is 26.4 Å². The van der Waals surface area contributed by atoms with Gasteiger partial charge >= 0.3 is 5.97 Å². The molecule has 0 aliphatic carbocycles. The zero-order valence-electron chi connectivity index (χ0n) is 13.3. The largest absolute Gasteiger partial charge is 0.497 e. The van der Waals surface area contributed by atoms with E-state index in [-0.39, 0.29) is 18.9 Å². The number of carbonyl (C=O) groups excluding carboxylic acids is 1. The highest BCUT2D eigenvalue weighted by Crippen LogP contribution is 2.25. The predicted octanol–water partition coefficient (Wildman–Crippen LogP) is 0.948. The number of amides is 1. The van der Waals surface area contributed by atoms with Crippen molar-refractivity contribution in [1.29, 1.82) is 0 Å². The van der Waals surface area contributed by atoms with Crippen LogP contribution in [0.5, 0.6) is 11.5 Å². The molecule has 1 unspecified atom stereocenters. The Hall–Kier alpha value is -2.28. The lowest BCUT2D eigenvalue weighted by Gasteiger charge is -2.33. The van der Waals surface area contributed by atoms with E-state index in [9.17, 15) is 14.7 Å². The smallest absolute Gasteiger partial charge is 0.328 e. The number of hydrogen-bond donors (Lipinski definition) is 1. The second kappa shape index (κ2) is 7.82. The summed E-state index contributed by atoms with van der Waals surface area (Å²) < 4.78 is 15.6. The van der Waals surface area contributed by atoms with Crippen molar-refractivity contribution in [3.8, 4) is 11.5 Å². The van der Waals surface area contributed by atoms with Gasteiger partial charge in [-0.15, -0.1) is 0 Å². The summed E-state index contributed by atoms with van der Waals surface area (Å²) in [5.74, 6) is 0.112. The van der Waals surface area contributed by atoms with Gasteiger partial charge in [-0.2, -0.15) is 0 Å². The van der Waals surface area contributed by atoms with Crippen molar-refractivity contribution in [3.05, 3.63) is 23.8 Å². The minimum Gasteiger partial charge on any atom is -0.497 e. The Labute approximate surface area is 134 Å². The third kappa shape index (κ3) is 4.13. The van der Waals surface area contributed by atoms with Crippen molar-refractivity contribution in [2.24, 2.45) is 0 Å². The Morgan fingerprint density at radius 2 is 2.13 bits per heavy atom. The van der Waals surface area contributed by atoms with E-state index in [4.69, 9.17) is 14.2 Å². The molecule has 0 bridgehead atoms. The van der Waals surface area contributed by atoms with E-state index < -0.39 is 12.0 Å². The third-order valence-electron chi connectivity index (χ3n) is 3.83. The fourth-order valence-electron chi connectivity index (χ4n) is 2.57. The molecule has 1 aliphatic heterocycles. The second-order valence-electron chi connectivity index (χ2n) is 5.19. The molecule has 0 radical (unpaired) electrons. The van der Waals surface area contributed by atoms with Crippen LogP contribution in [-0.4, -0.2) is 61.9 Å². The van der Waals surface area contributed by atoms with Gasteiger partial charge in [-0.3, -0.25) is 4.79 Å². The Bertz CT molecular complexity index is 574. The quantitative estimate of drug-likeness (QED) is 0.839. The van der Waals surface area contributed by atoms with Gasteiger partial charge in [0.05, 0.1) is 27.4 Å². The maximum atomic E-state index is 12.4. The fourth-order valence-corrected chi connectivity index (χ4v) is 2.57. The minimum atomic E-state index is -1.04. The van der Waals surface area contributed by atoms with Crippen molar-refractivity contribution in [3.63, 3.8) is 0 Å². The van der Waals surface area contributed by atoms with Crippen LogP contribution in [0.2, 0.25) is 0 Å². The van der Waals surface area contributed by atoms with Gasteiger partial charge in [0.15, 0.2) is 6.04 Å². The van der Waals surface area contributed by atoms with Crippen LogP contribution in [0.15, 0.2) is 18.2 Å². The first-order valence-corrected chi connectivity index (χ1v) is 7.37. The van der Waals surface area contributed by atoms with Crippen molar-refractivity contribution in [1.82, 2.24) is 4.90 Å². The lowest BCUT2D eigenvalue weighted by molar-refractivity contribution is -0.158. The molecule has 0 saturated carbocycles.